The number of halogens is 1. The van der Waals surface area contributed by atoms with E-state index in [4.69, 9.17) is 11.6 Å². The van der Waals surface area contributed by atoms with Crippen molar-refractivity contribution in [1.29, 1.82) is 0 Å². The van der Waals surface area contributed by atoms with Gasteiger partial charge in [0.2, 0.25) is 0 Å². The minimum Gasteiger partial charge on any atom is -0.394 e. The number of aliphatic hydroxyl groups is 2. The van der Waals surface area contributed by atoms with Crippen LogP contribution < -0.4 is 4.90 Å². The molecule has 2 rings (SSSR count). The lowest BCUT2D eigenvalue weighted by Gasteiger charge is -2.25. The minimum atomic E-state index is -0.191. The molecule has 2 heterocycles. The van der Waals surface area contributed by atoms with Crippen LogP contribution >= 0.6 is 11.6 Å². The highest BCUT2D eigenvalue weighted by atomic mass is 35.5. The first-order chi connectivity index (χ1) is 7.77. The lowest BCUT2D eigenvalue weighted by molar-refractivity contribution is 0.263. The van der Waals surface area contributed by atoms with Gasteiger partial charge in [-0.15, -0.1) is 0 Å². The van der Waals surface area contributed by atoms with Gasteiger partial charge in [-0.2, -0.15) is 0 Å². The Labute approximate surface area is 98.7 Å². The molecule has 16 heavy (non-hydrogen) atoms. The number of hydrogen-bond donors (Lipinski definition) is 2. The van der Waals surface area contributed by atoms with Crippen molar-refractivity contribution in [2.24, 2.45) is 0 Å². The van der Waals surface area contributed by atoms with Crippen molar-refractivity contribution < 1.29 is 10.2 Å². The summed E-state index contributed by atoms with van der Waals surface area (Å²) in [7, 11) is 0. The van der Waals surface area contributed by atoms with Crippen molar-refractivity contribution in [2.45, 2.75) is 25.5 Å². The van der Waals surface area contributed by atoms with Crippen LogP contribution in [-0.2, 0) is 6.61 Å². The molecule has 1 atom stereocenters. The maximum atomic E-state index is 9.26. The van der Waals surface area contributed by atoms with Gasteiger partial charge in [-0.3, -0.25) is 0 Å². The molecular weight excluding hydrogens is 230 g/mol. The van der Waals surface area contributed by atoms with Gasteiger partial charge in [0.05, 0.1) is 24.8 Å². The summed E-state index contributed by atoms with van der Waals surface area (Å²) in [6, 6.07) is 0.0660. The molecule has 0 bridgehead atoms. The first-order valence-corrected chi connectivity index (χ1v) is 5.63. The summed E-state index contributed by atoms with van der Waals surface area (Å²) in [6.45, 7) is 0.724. The zero-order valence-corrected chi connectivity index (χ0v) is 9.56. The van der Waals surface area contributed by atoms with Gasteiger partial charge >= 0.3 is 0 Å². The number of anilines is 1. The van der Waals surface area contributed by atoms with Crippen LogP contribution in [-0.4, -0.2) is 39.4 Å². The molecule has 2 N–H and O–H groups in total. The number of rotatable bonds is 3. The number of aromatic nitrogens is 2. The van der Waals surface area contributed by atoms with Crippen LogP contribution in [0.4, 0.5) is 5.82 Å². The minimum absolute atomic E-state index is 0.0660. The average Bonchev–Trinajstić information content (AvgIpc) is 2.76. The third kappa shape index (κ3) is 1.98. The molecule has 0 saturated carbocycles. The predicted octanol–water partition coefficient (Wildman–Crippen LogP) is 0.583. The fraction of sp³-hybridized carbons (Fsp3) is 0.600. The van der Waals surface area contributed by atoms with E-state index in [1.54, 1.807) is 0 Å². The van der Waals surface area contributed by atoms with Gasteiger partial charge in [0.15, 0.2) is 0 Å². The average molecular weight is 244 g/mol. The Kier molecular flexibility index (Phi) is 3.58. The van der Waals surface area contributed by atoms with Crippen LogP contribution in [0.25, 0.3) is 0 Å². The maximum absolute atomic E-state index is 9.26. The summed E-state index contributed by atoms with van der Waals surface area (Å²) in [6.07, 6.45) is 3.32. The molecule has 0 spiro atoms. The SMILES string of the molecule is OCc1c(Cl)ncnc1N1CCCC1CO. The Morgan fingerprint density at radius 1 is 1.44 bits per heavy atom. The van der Waals surface area contributed by atoms with Crippen molar-refractivity contribution in [1.82, 2.24) is 9.97 Å². The van der Waals surface area contributed by atoms with Crippen molar-refractivity contribution in [3.05, 3.63) is 17.0 Å². The summed E-state index contributed by atoms with van der Waals surface area (Å²) in [5.41, 5.74) is 0.532. The highest BCUT2D eigenvalue weighted by Crippen LogP contribution is 2.29. The molecule has 1 unspecified atom stereocenters. The standard InChI is InChI=1S/C10H14ClN3O2/c11-9-8(5-16)10(13-6-12-9)14-3-1-2-7(14)4-15/h6-7,15-16H,1-5H2. The molecule has 0 amide bonds. The van der Waals surface area contributed by atoms with Crippen molar-refractivity contribution in [3.8, 4) is 0 Å². The molecule has 0 aromatic carbocycles. The predicted molar refractivity (Wildman–Crippen MR) is 60.4 cm³/mol. The molecule has 1 aromatic rings. The lowest BCUT2D eigenvalue weighted by atomic mass is 10.2. The maximum Gasteiger partial charge on any atom is 0.140 e. The third-order valence-electron chi connectivity index (χ3n) is 2.89. The van der Waals surface area contributed by atoms with Gasteiger partial charge in [-0.05, 0) is 12.8 Å². The van der Waals surface area contributed by atoms with Crippen molar-refractivity contribution >= 4 is 17.4 Å². The van der Waals surface area contributed by atoms with Gasteiger partial charge in [0, 0.05) is 6.54 Å². The fourth-order valence-electron chi connectivity index (χ4n) is 2.07. The lowest BCUT2D eigenvalue weighted by Crippen LogP contribution is -2.33. The molecule has 1 aromatic heterocycles. The number of hydrogen-bond acceptors (Lipinski definition) is 5. The molecule has 5 nitrogen and oxygen atoms in total. The first-order valence-electron chi connectivity index (χ1n) is 5.25. The van der Waals surface area contributed by atoms with Crippen LogP contribution in [0.5, 0.6) is 0 Å². The van der Waals surface area contributed by atoms with Crippen molar-refractivity contribution in [2.75, 3.05) is 18.1 Å². The monoisotopic (exact) mass is 243 g/mol. The van der Waals surface area contributed by atoms with Crippen LogP contribution in [0, 0.1) is 0 Å². The second-order valence-electron chi connectivity index (χ2n) is 3.80. The van der Waals surface area contributed by atoms with Crippen LogP contribution in [0.1, 0.15) is 18.4 Å². The van der Waals surface area contributed by atoms with Gasteiger partial charge in [-0.1, -0.05) is 11.6 Å². The summed E-state index contributed by atoms with van der Waals surface area (Å²) < 4.78 is 0. The highest BCUT2D eigenvalue weighted by Gasteiger charge is 2.27. The summed E-state index contributed by atoms with van der Waals surface area (Å²) >= 11 is 5.90. The molecular formula is C10H14ClN3O2. The second-order valence-corrected chi connectivity index (χ2v) is 4.15. The van der Waals surface area contributed by atoms with E-state index >= 15 is 0 Å². The Morgan fingerprint density at radius 2 is 2.25 bits per heavy atom. The van der Waals surface area contributed by atoms with Crippen LogP contribution in [0.15, 0.2) is 6.33 Å². The van der Waals surface area contributed by atoms with Gasteiger partial charge < -0.3 is 15.1 Å². The quantitative estimate of drug-likeness (QED) is 0.761. The van der Waals surface area contributed by atoms with Crippen LogP contribution in [0.3, 0.4) is 0 Å². The van der Waals surface area contributed by atoms with E-state index in [0.29, 0.717) is 11.4 Å². The Hall–Kier alpha value is -0.910. The molecule has 6 heteroatoms. The van der Waals surface area contributed by atoms with Gasteiger partial charge in [0.1, 0.15) is 17.3 Å². The van der Waals surface area contributed by atoms with E-state index in [9.17, 15) is 10.2 Å². The van der Waals surface area contributed by atoms with E-state index in [2.05, 4.69) is 9.97 Å². The third-order valence-corrected chi connectivity index (χ3v) is 3.21. The summed E-state index contributed by atoms with van der Waals surface area (Å²) in [5, 5.41) is 18.8. The molecule has 0 radical (unpaired) electrons. The summed E-state index contributed by atoms with van der Waals surface area (Å²) in [4.78, 5) is 9.97. The second kappa shape index (κ2) is 4.95. The molecule has 1 aliphatic heterocycles. The zero-order valence-electron chi connectivity index (χ0n) is 8.80. The molecule has 1 saturated heterocycles. The van der Waals surface area contributed by atoms with E-state index in [-0.39, 0.29) is 24.4 Å². The van der Waals surface area contributed by atoms with Crippen molar-refractivity contribution in [3.63, 3.8) is 0 Å². The molecule has 1 aliphatic rings. The topological polar surface area (TPSA) is 69.5 Å². The Bertz CT molecular complexity index is 375. The van der Waals surface area contributed by atoms with E-state index in [1.165, 1.54) is 6.33 Å². The number of nitrogens with zero attached hydrogens (tertiary/aromatic N) is 3. The molecule has 0 aliphatic carbocycles. The zero-order chi connectivity index (χ0) is 11.5. The Balaban J connectivity index is 2.35. The van der Waals surface area contributed by atoms with E-state index < -0.39 is 0 Å². The molecule has 88 valence electrons. The van der Waals surface area contributed by atoms with E-state index in [0.717, 1.165) is 19.4 Å². The normalized spacial score (nSPS) is 20.4. The largest absolute Gasteiger partial charge is 0.394 e. The fourth-order valence-corrected chi connectivity index (χ4v) is 2.26. The van der Waals surface area contributed by atoms with Gasteiger partial charge in [-0.25, -0.2) is 9.97 Å². The van der Waals surface area contributed by atoms with Gasteiger partial charge in [0.25, 0.3) is 0 Å². The highest BCUT2D eigenvalue weighted by molar-refractivity contribution is 6.30. The first kappa shape index (κ1) is 11.6. The van der Waals surface area contributed by atoms with E-state index in [1.807, 2.05) is 4.90 Å². The van der Waals surface area contributed by atoms with Crippen LogP contribution in [0.2, 0.25) is 5.15 Å². The Morgan fingerprint density at radius 3 is 2.94 bits per heavy atom. The number of aliphatic hydroxyl groups excluding tert-OH is 2. The smallest absolute Gasteiger partial charge is 0.140 e. The molecule has 1 fully saturated rings. The summed E-state index contributed by atoms with van der Waals surface area (Å²) in [5.74, 6) is 0.638.